The average Bonchev–Trinajstić information content (AvgIpc) is 3.18. The van der Waals surface area contributed by atoms with Gasteiger partial charge in [-0.15, -0.1) is 11.3 Å². The van der Waals surface area contributed by atoms with E-state index in [1.165, 1.54) is 23.1 Å². The molecule has 152 valence electrons. The third kappa shape index (κ3) is 4.58. The molecule has 1 saturated heterocycles. The molecule has 2 heterocycles. The van der Waals surface area contributed by atoms with Crippen molar-refractivity contribution in [3.63, 3.8) is 0 Å². The van der Waals surface area contributed by atoms with Gasteiger partial charge in [-0.3, -0.25) is 10.1 Å². The third-order valence-electron chi connectivity index (χ3n) is 4.22. The molecule has 0 aliphatic carbocycles. The maximum absolute atomic E-state index is 12.8. The van der Waals surface area contributed by atoms with E-state index < -0.39 is 26.5 Å². The lowest BCUT2D eigenvalue weighted by atomic mass is 10.2. The third-order valence-corrected chi connectivity index (χ3v) is 7.60. The number of carbonyl (C=O) groups is 1. The molecule has 1 fully saturated rings. The summed E-state index contributed by atoms with van der Waals surface area (Å²) in [5.74, 6) is -0.340. The fraction of sp³-hybridized carbons (Fsp3) is 0.529. The van der Waals surface area contributed by atoms with Crippen molar-refractivity contribution in [1.82, 2.24) is 9.88 Å². The Kier molecular flexibility index (Phi) is 5.32. The Morgan fingerprint density at radius 2 is 2.14 bits per heavy atom. The van der Waals surface area contributed by atoms with E-state index in [1.807, 2.05) is 0 Å². The zero-order chi connectivity index (χ0) is 20.7. The number of hydrogen-bond acceptors (Lipinski definition) is 8. The first-order valence-corrected chi connectivity index (χ1v) is 11.2. The smallest absolute Gasteiger partial charge is 0.410 e. The van der Waals surface area contributed by atoms with Gasteiger partial charge in [0.1, 0.15) is 5.60 Å². The van der Waals surface area contributed by atoms with Crippen molar-refractivity contribution < 1.29 is 22.9 Å². The average molecular weight is 428 g/mol. The van der Waals surface area contributed by atoms with Crippen molar-refractivity contribution in [3.05, 3.63) is 28.3 Å². The van der Waals surface area contributed by atoms with Crippen LogP contribution in [-0.2, 0) is 14.6 Å². The van der Waals surface area contributed by atoms with Gasteiger partial charge in [-0.05, 0) is 39.2 Å². The molecule has 1 atom stereocenters. The molecule has 1 amide bonds. The summed E-state index contributed by atoms with van der Waals surface area (Å²) in [5, 5.41) is 10.9. The van der Waals surface area contributed by atoms with E-state index in [0.29, 0.717) is 29.7 Å². The van der Waals surface area contributed by atoms with Gasteiger partial charge in [0.2, 0.25) is 14.2 Å². The molecule has 0 N–H and O–H groups in total. The topological polar surface area (TPSA) is 120 Å². The second kappa shape index (κ2) is 7.28. The minimum Gasteiger partial charge on any atom is -0.444 e. The van der Waals surface area contributed by atoms with E-state index in [-0.39, 0.29) is 21.7 Å². The van der Waals surface area contributed by atoms with Crippen LogP contribution in [0.1, 0.15) is 27.2 Å². The predicted octanol–water partition coefficient (Wildman–Crippen LogP) is 3.24. The van der Waals surface area contributed by atoms with Crippen LogP contribution in [0.15, 0.2) is 22.5 Å². The van der Waals surface area contributed by atoms with E-state index in [1.54, 1.807) is 20.8 Å². The van der Waals surface area contributed by atoms with E-state index in [0.717, 1.165) is 11.3 Å². The van der Waals surface area contributed by atoms with Gasteiger partial charge in [0, 0.05) is 25.2 Å². The number of aromatic nitrogens is 1. The van der Waals surface area contributed by atoms with Gasteiger partial charge in [-0.25, -0.2) is 18.2 Å². The van der Waals surface area contributed by atoms with Gasteiger partial charge in [-0.1, -0.05) is 0 Å². The van der Waals surface area contributed by atoms with E-state index in [4.69, 9.17) is 4.74 Å². The number of benzene rings is 1. The largest absolute Gasteiger partial charge is 0.444 e. The van der Waals surface area contributed by atoms with Crippen molar-refractivity contribution in [2.24, 2.45) is 5.92 Å². The SMILES string of the molecule is CC(C)(C)OC(=O)N1CCC(CS(=O)(=O)c2nc3cc([N+](=O)[O-])ccc3s2)C1. The van der Waals surface area contributed by atoms with Crippen LogP contribution in [0.3, 0.4) is 0 Å². The maximum atomic E-state index is 12.8. The Balaban J connectivity index is 1.71. The number of carbonyl (C=O) groups excluding carboxylic acids is 1. The lowest BCUT2D eigenvalue weighted by Crippen LogP contribution is -2.35. The molecule has 3 rings (SSSR count). The van der Waals surface area contributed by atoms with Crippen LogP contribution in [0, 0.1) is 16.0 Å². The normalized spacial score (nSPS) is 17.8. The lowest BCUT2D eigenvalue weighted by Gasteiger charge is -2.24. The fourth-order valence-corrected chi connectivity index (χ4v) is 5.92. The first kappa shape index (κ1) is 20.5. The monoisotopic (exact) mass is 427 g/mol. The highest BCUT2D eigenvalue weighted by Gasteiger charge is 2.33. The van der Waals surface area contributed by atoms with Gasteiger partial charge >= 0.3 is 6.09 Å². The molecule has 28 heavy (non-hydrogen) atoms. The minimum absolute atomic E-state index is 0.0567. The van der Waals surface area contributed by atoms with Crippen LogP contribution in [-0.4, -0.2) is 53.8 Å². The quantitative estimate of drug-likeness (QED) is 0.542. The van der Waals surface area contributed by atoms with Gasteiger partial charge in [0.05, 0.1) is 20.9 Å². The molecule has 1 aliphatic rings. The molecule has 11 heteroatoms. The van der Waals surface area contributed by atoms with E-state index in [9.17, 15) is 23.3 Å². The lowest BCUT2D eigenvalue weighted by molar-refractivity contribution is -0.384. The van der Waals surface area contributed by atoms with Crippen molar-refractivity contribution >= 4 is 43.2 Å². The number of thiazole rings is 1. The summed E-state index contributed by atoms with van der Waals surface area (Å²) in [7, 11) is -3.66. The molecule has 1 aromatic heterocycles. The number of rotatable bonds is 4. The Morgan fingerprint density at radius 1 is 1.43 bits per heavy atom. The van der Waals surface area contributed by atoms with Crippen molar-refractivity contribution in [1.29, 1.82) is 0 Å². The Morgan fingerprint density at radius 3 is 2.79 bits per heavy atom. The number of amides is 1. The summed E-state index contributed by atoms with van der Waals surface area (Å²) in [5.41, 5.74) is -0.449. The molecule has 1 aliphatic heterocycles. The number of nitro benzene ring substituents is 1. The van der Waals surface area contributed by atoms with Crippen LogP contribution >= 0.6 is 11.3 Å². The number of nitrogens with zero attached hydrogens (tertiary/aromatic N) is 3. The molecule has 0 spiro atoms. The molecular weight excluding hydrogens is 406 g/mol. The highest BCUT2D eigenvalue weighted by Crippen LogP contribution is 2.31. The summed E-state index contributed by atoms with van der Waals surface area (Å²) in [6, 6.07) is 4.10. The van der Waals surface area contributed by atoms with E-state index >= 15 is 0 Å². The minimum atomic E-state index is -3.66. The molecule has 2 aromatic rings. The Hall–Kier alpha value is -2.27. The number of fused-ring (bicyclic) bond motifs is 1. The van der Waals surface area contributed by atoms with Crippen molar-refractivity contribution in [2.45, 2.75) is 37.1 Å². The molecule has 9 nitrogen and oxygen atoms in total. The maximum Gasteiger partial charge on any atom is 0.410 e. The Bertz CT molecular complexity index is 1030. The molecule has 1 unspecified atom stereocenters. The summed E-state index contributed by atoms with van der Waals surface area (Å²) in [4.78, 5) is 28.1. The Labute approximate surface area is 166 Å². The molecule has 0 bridgehead atoms. The standard InChI is InChI=1S/C17H21N3O6S2/c1-17(2,3)26-16(21)19-7-6-11(9-19)10-28(24,25)15-18-13-8-12(20(22)23)4-5-14(13)27-15/h4-5,8,11H,6-7,9-10H2,1-3H3. The van der Waals surface area contributed by atoms with Crippen LogP contribution in [0.25, 0.3) is 10.2 Å². The summed E-state index contributed by atoms with van der Waals surface area (Å²) in [6.07, 6.45) is 0.120. The molecular formula is C17H21N3O6S2. The zero-order valence-electron chi connectivity index (χ0n) is 15.7. The van der Waals surface area contributed by atoms with Gasteiger partial charge in [0.15, 0.2) is 0 Å². The van der Waals surface area contributed by atoms with Crippen LogP contribution in [0.4, 0.5) is 10.5 Å². The van der Waals surface area contributed by atoms with Crippen molar-refractivity contribution in [3.8, 4) is 0 Å². The van der Waals surface area contributed by atoms with Crippen LogP contribution in [0.2, 0.25) is 0 Å². The first-order valence-electron chi connectivity index (χ1n) is 8.70. The molecule has 1 aromatic carbocycles. The van der Waals surface area contributed by atoms with E-state index in [2.05, 4.69) is 4.98 Å². The molecule has 0 radical (unpaired) electrons. The van der Waals surface area contributed by atoms with Gasteiger partial charge in [-0.2, -0.15) is 0 Å². The number of nitro groups is 1. The molecule has 0 saturated carbocycles. The number of sulfone groups is 1. The van der Waals surface area contributed by atoms with Crippen LogP contribution < -0.4 is 0 Å². The van der Waals surface area contributed by atoms with Crippen LogP contribution in [0.5, 0.6) is 0 Å². The van der Waals surface area contributed by atoms with Gasteiger partial charge < -0.3 is 9.64 Å². The zero-order valence-corrected chi connectivity index (χ0v) is 17.4. The second-order valence-corrected chi connectivity index (χ2v) is 11.0. The van der Waals surface area contributed by atoms with Gasteiger partial charge in [0.25, 0.3) is 5.69 Å². The second-order valence-electron chi connectivity index (χ2n) is 7.75. The highest BCUT2D eigenvalue weighted by molar-refractivity contribution is 7.93. The van der Waals surface area contributed by atoms with Crippen molar-refractivity contribution in [2.75, 3.05) is 18.8 Å². The predicted molar refractivity (Wildman–Crippen MR) is 104 cm³/mol. The number of hydrogen-bond donors (Lipinski definition) is 0. The fourth-order valence-electron chi connectivity index (χ4n) is 2.98. The number of non-ortho nitro benzene ring substituents is 1. The number of likely N-dealkylation sites (tertiary alicyclic amines) is 1. The summed E-state index contributed by atoms with van der Waals surface area (Å²) < 4.78 is 31.4. The summed E-state index contributed by atoms with van der Waals surface area (Å²) >= 11 is 0.996. The highest BCUT2D eigenvalue weighted by atomic mass is 32.2. The first-order chi connectivity index (χ1) is 12.9. The number of ether oxygens (including phenoxy) is 1. The summed E-state index contributed by atoms with van der Waals surface area (Å²) in [6.45, 7) is 6.09.